The molecule has 1 aliphatic heterocycles. The van der Waals surface area contributed by atoms with E-state index in [2.05, 4.69) is 18.7 Å². The van der Waals surface area contributed by atoms with Crippen LogP contribution in [0.5, 0.6) is 0 Å². The lowest BCUT2D eigenvalue weighted by Gasteiger charge is -2.38. The van der Waals surface area contributed by atoms with Gasteiger partial charge in [-0.25, -0.2) is 0 Å². The summed E-state index contributed by atoms with van der Waals surface area (Å²) in [6, 6.07) is 0.746. The number of hydrogen-bond donors (Lipinski definition) is 0. The Morgan fingerprint density at radius 3 is 3.00 bits per heavy atom. The summed E-state index contributed by atoms with van der Waals surface area (Å²) in [6.07, 6.45) is 4.58. The molecule has 0 aromatic carbocycles. The van der Waals surface area contributed by atoms with Crippen LogP contribution in [0.25, 0.3) is 0 Å². The van der Waals surface area contributed by atoms with Gasteiger partial charge in [0.25, 0.3) is 0 Å². The van der Waals surface area contributed by atoms with Crippen molar-refractivity contribution in [1.82, 2.24) is 4.90 Å². The summed E-state index contributed by atoms with van der Waals surface area (Å²) in [5.74, 6) is 0.791. The average molecular weight is 183 g/mol. The van der Waals surface area contributed by atoms with Crippen molar-refractivity contribution in [2.75, 3.05) is 19.7 Å². The highest BCUT2D eigenvalue weighted by molar-refractivity contribution is 4.89. The number of fused-ring (bicyclic) bond motifs is 1. The van der Waals surface area contributed by atoms with Crippen molar-refractivity contribution in [3.8, 4) is 0 Å². The minimum Gasteiger partial charge on any atom is -0.375 e. The molecule has 2 heteroatoms. The predicted octanol–water partition coefficient (Wildman–Crippen LogP) is 1.90. The topological polar surface area (TPSA) is 12.5 Å². The van der Waals surface area contributed by atoms with E-state index >= 15 is 0 Å². The van der Waals surface area contributed by atoms with Crippen molar-refractivity contribution in [3.63, 3.8) is 0 Å². The monoisotopic (exact) mass is 183 g/mol. The van der Waals surface area contributed by atoms with Crippen molar-refractivity contribution in [2.24, 2.45) is 5.92 Å². The first-order chi connectivity index (χ1) is 6.27. The van der Waals surface area contributed by atoms with Crippen molar-refractivity contribution >= 4 is 0 Å². The average Bonchev–Trinajstić information content (AvgIpc) is 2.51. The van der Waals surface area contributed by atoms with Crippen molar-refractivity contribution in [2.45, 2.75) is 45.3 Å². The fourth-order valence-corrected chi connectivity index (χ4v) is 2.70. The third-order valence-corrected chi connectivity index (χ3v) is 3.20. The first-order valence-corrected chi connectivity index (χ1v) is 5.63. The Hall–Kier alpha value is -0.0800. The molecule has 0 bridgehead atoms. The van der Waals surface area contributed by atoms with Gasteiger partial charge in [-0.05, 0) is 25.2 Å². The van der Waals surface area contributed by atoms with Gasteiger partial charge in [0.05, 0.1) is 12.7 Å². The maximum atomic E-state index is 5.77. The molecule has 0 spiro atoms. The molecule has 0 N–H and O–H groups in total. The first kappa shape index (κ1) is 9.47. The largest absolute Gasteiger partial charge is 0.375 e. The molecule has 2 atom stereocenters. The Morgan fingerprint density at radius 2 is 2.23 bits per heavy atom. The van der Waals surface area contributed by atoms with Crippen LogP contribution in [-0.4, -0.2) is 36.7 Å². The van der Waals surface area contributed by atoms with Crippen molar-refractivity contribution in [1.29, 1.82) is 0 Å². The molecule has 2 aliphatic rings. The molecule has 13 heavy (non-hydrogen) atoms. The van der Waals surface area contributed by atoms with Crippen LogP contribution in [0, 0.1) is 5.92 Å². The van der Waals surface area contributed by atoms with Gasteiger partial charge < -0.3 is 4.74 Å². The van der Waals surface area contributed by atoms with Crippen LogP contribution in [0.15, 0.2) is 0 Å². The van der Waals surface area contributed by atoms with E-state index in [0.29, 0.717) is 6.10 Å². The van der Waals surface area contributed by atoms with Crippen LogP contribution in [0.4, 0.5) is 0 Å². The highest BCUT2D eigenvalue weighted by Crippen LogP contribution is 2.29. The van der Waals surface area contributed by atoms with Crippen LogP contribution < -0.4 is 0 Å². The fraction of sp³-hybridized carbons (Fsp3) is 1.00. The molecular weight excluding hydrogens is 162 g/mol. The van der Waals surface area contributed by atoms with E-state index in [-0.39, 0.29) is 0 Å². The Morgan fingerprint density at radius 1 is 1.38 bits per heavy atom. The van der Waals surface area contributed by atoms with Crippen LogP contribution in [0.2, 0.25) is 0 Å². The van der Waals surface area contributed by atoms with E-state index in [1.54, 1.807) is 0 Å². The molecule has 0 aromatic heterocycles. The van der Waals surface area contributed by atoms with Gasteiger partial charge in [-0.1, -0.05) is 13.8 Å². The molecule has 2 nitrogen and oxygen atoms in total. The van der Waals surface area contributed by atoms with Gasteiger partial charge in [0, 0.05) is 19.1 Å². The van der Waals surface area contributed by atoms with E-state index in [9.17, 15) is 0 Å². The van der Waals surface area contributed by atoms with E-state index < -0.39 is 0 Å². The number of nitrogens with zero attached hydrogens (tertiary/aromatic N) is 1. The van der Waals surface area contributed by atoms with Crippen LogP contribution in [0.3, 0.4) is 0 Å². The lowest BCUT2D eigenvalue weighted by molar-refractivity contribution is -0.0588. The summed E-state index contributed by atoms with van der Waals surface area (Å²) in [6.45, 7) is 7.97. The van der Waals surface area contributed by atoms with Gasteiger partial charge in [-0.3, -0.25) is 4.90 Å². The number of morpholine rings is 1. The summed E-state index contributed by atoms with van der Waals surface area (Å²) >= 11 is 0. The zero-order valence-electron chi connectivity index (χ0n) is 8.83. The molecule has 1 saturated carbocycles. The van der Waals surface area contributed by atoms with Crippen LogP contribution in [0.1, 0.15) is 33.1 Å². The summed E-state index contributed by atoms with van der Waals surface area (Å²) in [4.78, 5) is 2.64. The molecule has 0 radical (unpaired) electrons. The molecule has 0 aromatic rings. The number of ether oxygens (including phenoxy) is 1. The molecule has 1 aliphatic carbocycles. The molecule has 2 rings (SSSR count). The Labute approximate surface area is 81.3 Å². The lowest BCUT2D eigenvalue weighted by Crippen LogP contribution is -2.49. The summed E-state index contributed by atoms with van der Waals surface area (Å²) < 4.78 is 5.77. The molecule has 1 saturated heterocycles. The Kier molecular flexibility index (Phi) is 2.89. The smallest absolute Gasteiger partial charge is 0.0730 e. The van der Waals surface area contributed by atoms with Crippen molar-refractivity contribution in [3.05, 3.63) is 0 Å². The third kappa shape index (κ3) is 2.05. The maximum Gasteiger partial charge on any atom is 0.0730 e. The molecule has 2 fully saturated rings. The van der Waals surface area contributed by atoms with Gasteiger partial charge >= 0.3 is 0 Å². The number of rotatable bonds is 2. The summed E-state index contributed by atoms with van der Waals surface area (Å²) in [5, 5.41) is 0. The summed E-state index contributed by atoms with van der Waals surface area (Å²) in [5.41, 5.74) is 0. The van der Waals surface area contributed by atoms with E-state index in [1.807, 2.05) is 0 Å². The van der Waals surface area contributed by atoms with Gasteiger partial charge in [-0.2, -0.15) is 0 Å². The van der Waals surface area contributed by atoms with E-state index in [1.165, 1.54) is 25.8 Å². The first-order valence-electron chi connectivity index (χ1n) is 5.63. The number of hydrogen-bond acceptors (Lipinski definition) is 2. The summed E-state index contributed by atoms with van der Waals surface area (Å²) in [7, 11) is 0. The standard InChI is InChI=1S/C11H21NO/c1-9(2)8-12-6-7-13-11-5-3-4-10(11)12/h9-11H,3-8H2,1-2H3. The molecule has 0 amide bonds. The molecule has 76 valence electrons. The SMILES string of the molecule is CC(C)CN1CCOC2CCCC21. The zero-order chi connectivity index (χ0) is 9.26. The minimum atomic E-state index is 0.562. The second kappa shape index (κ2) is 3.97. The van der Waals surface area contributed by atoms with Gasteiger partial charge in [0.2, 0.25) is 0 Å². The van der Waals surface area contributed by atoms with Gasteiger partial charge in [0.15, 0.2) is 0 Å². The Balaban J connectivity index is 1.93. The fourth-order valence-electron chi connectivity index (χ4n) is 2.70. The highest BCUT2D eigenvalue weighted by Gasteiger charge is 2.35. The van der Waals surface area contributed by atoms with Crippen molar-refractivity contribution < 1.29 is 4.74 Å². The predicted molar refractivity (Wildman–Crippen MR) is 53.8 cm³/mol. The van der Waals surface area contributed by atoms with Crippen LogP contribution >= 0.6 is 0 Å². The third-order valence-electron chi connectivity index (χ3n) is 3.20. The minimum absolute atomic E-state index is 0.562. The van der Waals surface area contributed by atoms with E-state index in [4.69, 9.17) is 4.74 Å². The highest BCUT2D eigenvalue weighted by atomic mass is 16.5. The van der Waals surface area contributed by atoms with Crippen LogP contribution in [-0.2, 0) is 4.74 Å². The van der Waals surface area contributed by atoms with Gasteiger partial charge in [-0.15, -0.1) is 0 Å². The van der Waals surface area contributed by atoms with E-state index in [0.717, 1.165) is 25.1 Å². The normalized spacial score (nSPS) is 35.3. The maximum absolute atomic E-state index is 5.77. The molecular formula is C11H21NO. The Bertz CT molecular complexity index is 169. The lowest BCUT2D eigenvalue weighted by atomic mass is 10.1. The quantitative estimate of drug-likeness (QED) is 0.648. The second-order valence-electron chi connectivity index (χ2n) is 4.80. The molecule has 1 heterocycles. The van der Waals surface area contributed by atoms with Gasteiger partial charge in [0.1, 0.15) is 0 Å². The molecule has 2 unspecified atom stereocenters. The second-order valence-corrected chi connectivity index (χ2v) is 4.80. The zero-order valence-corrected chi connectivity index (χ0v) is 8.83.